The molecule has 0 spiro atoms. The van der Waals surface area contributed by atoms with Crippen molar-refractivity contribution in [2.45, 2.75) is 64.2 Å². The van der Waals surface area contributed by atoms with E-state index in [0.717, 1.165) is 11.8 Å². The van der Waals surface area contributed by atoms with Gasteiger partial charge in [0.15, 0.2) is 0 Å². The smallest absolute Gasteiger partial charge is 0.0153 e. The quantitative estimate of drug-likeness (QED) is 0.590. The molecule has 16 heavy (non-hydrogen) atoms. The van der Waals surface area contributed by atoms with E-state index in [4.69, 9.17) is 0 Å². The molecule has 0 radical (unpaired) electrons. The van der Waals surface area contributed by atoms with E-state index in [1.54, 1.807) is 11.1 Å². The number of benzene rings is 1. The highest BCUT2D eigenvalue weighted by atomic mass is 14.3. The summed E-state index contributed by atoms with van der Waals surface area (Å²) in [6.07, 6.45) is 8.37. The second-order valence-electron chi connectivity index (χ2n) is 5.31. The summed E-state index contributed by atoms with van der Waals surface area (Å²) < 4.78 is 0. The van der Waals surface area contributed by atoms with Gasteiger partial charge < -0.3 is 0 Å². The number of unbranched alkanes of at least 4 members (excludes halogenated alkanes) is 3. The third-order valence-corrected chi connectivity index (χ3v) is 4.01. The highest BCUT2D eigenvalue weighted by Crippen LogP contribution is 2.43. The molecule has 0 saturated heterocycles. The van der Waals surface area contributed by atoms with Crippen molar-refractivity contribution in [3.63, 3.8) is 0 Å². The van der Waals surface area contributed by atoms with E-state index >= 15 is 0 Å². The van der Waals surface area contributed by atoms with Crippen LogP contribution in [0.15, 0.2) is 24.3 Å². The highest BCUT2D eigenvalue weighted by molar-refractivity contribution is 5.37. The molecule has 0 nitrogen and oxygen atoms in total. The van der Waals surface area contributed by atoms with Gasteiger partial charge in [-0.3, -0.25) is 0 Å². The molecule has 1 aliphatic carbocycles. The van der Waals surface area contributed by atoms with Crippen molar-refractivity contribution in [3.05, 3.63) is 35.4 Å². The van der Waals surface area contributed by atoms with Crippen LogP contribution in [-0.2, 0) is 0 Å². The second kappa shape index (κ2) is 5.52. The minimum Gasteiger partial charge on any atom is -0.0654 e. The Bertz CT molecular complexity index is 327. The maximum absolute atomic E-state index is 2.38. The average Bonchev–Trinajstić information content (AvgIpc) is 2.63. The first-order valence-electron chi connectivity index (χ1n) is 6.91. The molecule has 2 rings (SSSR count). The third-order valence-electron chi connectivity index (χ3n) is 4.01. The van der Waals surface area contributed by atoms with Gasteiger partial charge in [0.2, 0.25) is 0 Å². The lowest BCUT2D eigenvalue weighted by Crippen LogP contribution is -1.93. The minimum atomic E-state index is 0.785. The Labute approximate surface area is 100 Å². The van der Waals surface area contributed by atoms with E-state index in [2.05, 4.69) is 38.1 Å². The van der Waals surface area contributed by atoms with Crippen LogP contribution in [0.2, 0.25) is 0 Å². The Morgan fingerprint density at radius 1 is 1.06 bits per heavy atom. The van der Waals surface area contributed by atoms with Crippen LogP contribution < -0.4 is 0 Å². The fraction of sp³-hybridized carbons (Fsp3) is 0.625. The van der Waals surface area contributed by atoms with E-state index < -0.39 is 0 Å². The molecule has 1 aromatic rings. The number of hydrogen-bond donors (Lipinski definition) is 0. The van der Waals surface area contributed by atoms with Crippen LogP contribution in [0, 0.1) is 0 Å². The first kappa shape index (κ1) is 11.7. The Kier molecular flexibility index (Phi) is 4.04. The lowest BCUT2D eigenvalue weighted by atomic mass is 9.94. The average molecular weight is 216 g/mol. The first-order chi connectivity index (χ1) is 7.83. The molecule has 0 fully saturated rings. The van der Waals surface area contributed by atoms with Crippen LogP contribution in [0.5, 0.6) is 0 Å². The first-order valence-corrected chi connectivity index (χ1v) is 6.91. The summed E-state index contributed by atoms with van der Waals surface area (Å²) in [4.78, 5) is 0. The molecule has 0 amide bonds. The largest absolute Gasteiger partial charge is 0.0654 e. The van der Waals surface area contributed by atoms with E-state index in [9.17, 15) is 0 Å². The summed E-state index contributed by atoms with van der Waals surface area (Å²) >= 11 is 0. The normalized spacial score (nSPS) is 23.4. The zero-order valence-corrected chi connectivity index (χ0v) is 10.7. The lowest BCUT2D eigenvalue weighted by Gasteiger charge is -2.10. The summed E-state index contributed by atoms with van der Waals surface area (Å²) in [5.41, 5.74) is 3.26. The summed E-state index contributed by atoms with van der Waals surface area (Å²) in [5.74, 6) is 1.63. The van der Waals surface area contributed by atoms with Crippen molar-refractivity contribution in [1.82, 2.24) is 0 Å². The monoisotopic (exact) mass is 216 g/mol. The van der Waals surface area contributed by atoms with E-state index in [-0.39, 0.29) is 0 Å². The van der Waals surface area contributed by atoms with E-state index in [1.807, 2.05) is 0 Å². The molecule has 88 valence electrons. The fourth-order valence-corrected chi connectivity index (χ4v) is 3.10. The van der Waals surface area contributed by atoms with Gasteiger partial charge in [-0.15, -0.1) is 0 Å². The van der Waals surface area contributed by atoms with Gasteiger partial charge in [-0.25, -0.2) is 0 Å². The van der Waals surface area contributed by atoms with Crippen LogP contribution in [0.3, 0.4) is 0 Å². The number of fused-ring (bicyclic) bond motifs is 1. The standard InChI is InChI=1S/C16H24/c1-3-4-5-6-9-14-12-13(2)15-10-7-8-11-16(14)15/h7-8,10-11,13-14H,3-6,9,12H2,1-2H3. The van der Waals surface area contributed by atoms with Gasteiger partial charge in [0, 0.05) is 0 Å². The maximum atomic E-state index is 2.38. The van der Waals surface area contributed by atoms with Gasteiger partial charge in [0.1, 0.15) is 0 Å². The van der Waals surface area contributed by atoms with Crippen LogP contribution in [0.1, 0.15) is 75.3 Å². The molecule has 0 aliphatic heterocycles. The molecule has 1 aromatic carbocycles. The van der Waals surface area contributed by atoms with Crippen LogP contribution in [0.4, 0.5) is 0 Å². The van der Waals surface area contributed by atoms with Crippen LogP contribution in [0.25, 0.3) is 0 Å². The molecule has 0 aromatic heterocycles. The third kappa shape index (κ3) is 2.48. The van der Waals surface area contributed by atoms with Crippen molar-refractivity contribution in [1.29, 1.82) is 0 Å². The van der Waals surface area contributed by atoms with Gasteiger partial charge >= 0.3 is 0 Å². The summed E-state index contributed by atoms with van der Waals surface area (Å²) in [7, 11) is 0. The molecule has 2 atom stereocenters. The second-order valence-corrected chi connectivity index (χ2v) is 5.31. The maximum Gasteiger partial charge on any atom is -0.0153 e. The molecule has 0 heterocycles. The summed E-state index contributed by atoms with van der Waals surface area (Å²) in [5, 5.41) is 0. The topological polar surface area (TPSA) is 0 Å². The highest BCUT2D eigenvalue weighted by Gasteiger charge is 2.26. The Hall–Kier alpha value is -0.780. The van der Waals surface area contributed by atoms with Crippen molar-refractivity contribution >= 4 is 0 Å². The molecule has 0 bridgehead atoms. The summed E-state index contributed by atoms with van der Waals surface area (Å²) in [6.45, 7) is 4.66. The Morgan fingerprint density at radius 3 is 2.56 bits per heavy atom. The predicted molar refractivity (Wildman–Crippen MR) is 71.0 cm³/mol. The molecular formula is C16H24. The van der Waals surface area contributed by atoms with Crippen molar-refractivity contribution in [2.24, 2.45) is 0 Å². The molecule has 0 saturated carbocycles. The van der Waals surface area contributed by atoms with Gasteiger partial charge in [-0.2, -0.15) is 0 Å². The van der Waals surface area contributed by atoms with Crippen LogP contribution in [-0.4, -0.2) is 0 Å². The SMILES string of the molecule is CCCCCCC1CC(C)c2ccccc21. The fourth-order valence-electron chi connectivity index (χ4n) is 3.10. The predicted octanol–water partition coefficient (Wildman–Crippen LogP) is 5.25. The van der Waals surface area contributed by atoms with Gasteiger partial charge in [-0.1, -0.05) is 63.8 Å². The summed E-state index contributed by atoms with van der Waals surface area (Å²) in [6, 6.07) is 9.07. The van der Waals surface area contributed by atoms with Gasteiger partial charge in [0.05, 0.1) is 0 Å². The van der Waals surface area contributed by atoms with Crippen molar-refractivity contribution < 1.29 is 0 Å². The van der Waals surface area contributed by atoms with E-state index in [0.29, 0.717) is 0 Å². The molecular weight excluding hydrogens is 192 g/mol. The van der Waals surface area contributed by atoms with Crippen molar-refractivity contribution in [2.75, 3.05) is 0 Å². The zero-order valence-electron chi connectivity index (χ0n) is 10.7. The Balaban J connectivity index is 1.93. The van der Waals surface area contributed by atoms with E-state index in [1.165, 1.54) is 38.5 Å². The number of hydrogen-bond acceptors (Lipinski definition) is 0. The molecule has 2 unspecified atom stereocenters. The van der Waals surface area contributed by atoms with Crippen molar-refractivity contribution in [3.8, 4) is 0 Å². The molecule has 0 heteroatoms. The molecule has 0 N–H and O–H groups in total. The number of rotatable bonds is 5. The Morgan fingerprint density at radius 2 is 1.81 bits per heavy atom. The lowest BCUT2D eigenvalue weighted by molar-refractivity contribution is 0.530. The molecule has 1 aliphatic rings. The van der Waals surface area contributed by atoms with Gasteiger partial charge in [0.25, 0.3) is 0 Å². The van der Waals surface area contributed by atoms with Gasteiger partial charge in [-0.05, 0) is 35.8 Å². The zero-order chi connectivity index (χ0) is 11.4. The van der Waals surface area contributed by atoms with Crippen LogP contribution >= 0.6 is 0 Å². The minimum absolute atomic E-state index is 0.785.